The molecule has 8 heteroatoms. The number of rotatable bonds is 7. The van der Waals surface area contributed by atoms with Crippen molar-refractivity contribution in [3.05, 3.63) is 58.7 Å². The highest BCUT2D eigenvalue weighted by Crippen LogP contribution is 2.35. The monoisotopic (exact) mass is 495 g/mol. The summed E-state index contributed by atoms with van der Waals surface area (Å²) < 4.78 is 5.27. The number of ether oxygens (including phenoxy) is 1. The Morgan fingerprint density at radius 2 is 1.69 bits per heavy atom. The number of benzene rings is 2. The normalized spacial score (nSPS) is 14.4. The molecule has 1 aliphatic carbocycles. The third-order valence-corrected chi connectivity index (χ3v) is 6.33. The van der Waals surface area contributed by atoms with Gasteiger partial charge < -0.3 is 25.4 Å². The minimum Gasteiger partial charge on any atom is -0.508 e. The van der Waals surface area contributed by atoms with Crippen molar-refractivity contribution in [3.63, 3.8) is 0 Å². The number of anilines is 1. The van der Waals surface area contributed by atoms with E-state index in [0.717, 1.165) is 30.4 Å². The van der Waals surface area contributed by atoms with E-state index in [-0.39, 0.29) is 30.2 Å². The van der Waals surface area contributed by atoms with Gasteiger partial charge in [0.05, 0.1) is 0 Å². The molecule has 0 bridgehead atoms. The number of phenolic OH excluding ortho intramolecular Hbond substituents is 1. The molecule has 3 amide bonds. The van der Waals surface area contributed by atoms with Crippen molar-refractivity contribution in [2.75, 3.05) is 11.9 Å². The standard InChI is InChI=1S/C28H37N3O5/c1-17-9-7-10-18(2)24(17)30-26(34)25(20-13-14-22(32)19(3)15-20)31(21-11-8-12-21)23(33)16-29-27(35)36-28(4,5)6/h7,9-10,13-15,21,25,32H,8,11-12,16H2,1-6H3,(H,29,35)(H,30,34). The van der Waals surface area contributed by atoms with Crippen LogP contribution < -0.4 is 10.6 Å². The maximum atomic E-state index is 13.9. The second-order valence-electron chi connectivity index (χ2n) is 10.4. The SMILES string of the molecule is Cc1cc(C(C(=O)Nc2c(C)cccc2C)N(C(=O)CNC(=O)OC(C)(C)C)C2CCC2)ccc1O. The van der Waals surface area contributed by atoms with Crippen LogP contribution in [0.15, 0.2) is 36.4 Å². The van der Waals surface area contributed by atoms with Crippen LogP contribution in [0.3, 0.4) is 0 Å². The molecule has 3 rings (SSSR count). The van der Waals surface area contributed by atoms with Gasteiger partial charge in [-0.15, -0.1) is 0 Å². The number of alkyl carbamates (subject to hydrolysis) is 1. The zero-order chi connectivity index (χ0) is 26.6. The topological polar surface area (TPSA) is 108 Å². The van der Waals surface area contributed by atoms with Crippen molar-refractivity contribution in [2.24, 2.45) is 0 Å². The zero-order valence-electron chi connectivity index (χ0n) is 22.0. The van der Waals surface area contributed by atoms with Gasteiger partial charge in [-0.05, 0) is 95.2 Å². The number of aryl methyl sites for hydroxylation is 3. The van der Waals surface area contributed by atoms with Crippen LogP contribution in [-0.2, 0) is 14.3 Å². The highest BCUT2D eigenvalue weighted by molar-refractivity contribution is 5.99. The Labute approximate surface area is 213 Å². The lowest BCUT2D eigenvalue weighted by Gasteiger charge is -2.42. The van der Waals surface area contributed by atoms with E-state index < -0.39 is 17.7 Å². The largest absolute Gasteiger partial charge is 0.508 e. The number of carbonyl (C=O) groups excluding carboxylic acids is 3. The second kappa shape index (κ2) is 11.0. The molecule has 1 aliphatic rings. The van der Waals surface area contributed by atoms with Crippen LogP contribution in [-0.4, -0.2) is 46.1 Å². The molecular weight excluding hydrogens is 458 g/mol. The number of aromatic hydroxyl groups is 1. The van der Waals surface area contributed by atoms with Crippen molar-refractivity contribution in [2.45, 2.75) is 78.5 Å². The van der Waals surface area contributed by atoms with E-state index in [1.54, 1.807) is 44.7 Å². The van der Waals surface area contributed by atoms with Gasteiger partial charge in [0.15, 0.2) is 0 Å². The van der Waals surface area contributed by atoms with E-state index in [4.69, 9.17) is 4.74 Å². The van der Waals surface area contributed by atoms with E-state index in [1.807, 2.05) is 32.0 Å². The molecule has 1 unspecified atom stereocenters. The van der Waals surface area contributed by atoms with E-state index in [2.05, 4.69) is 10.6 Å². The molecule has 3 N–H and O–H groups in total. The predicted molar refractivity (Wildman–Crippen MR) is 139 cm³/mol. The molecule has 2 aromatic carbocycles. The van der Waals surface area contributed by atoms with Crippen LogP contribution in [0.2, 0.25) is 0 Å². The smallest absolute Gasteiger partial charge is 0.408 e. The number of hydrogen-bond acceptors (Lipinski definition) is 5. The summed E-state index contributed by atoms with van der Waals surface area (Å²) in [6, 6.07) is 9.61. The Balaban J connectivity index is 1.96. The highest BCUT2D eigenvalue weighted by atomic mass is 16.6. The fraction of sp³-hybridized carbons (Fsp3) is 0.464. The Hall–Kier alpha value is -3.55. The number of nitrogens with zero attached hydrogens (tertiary/aromatic N) is 1. The predicted octanol–water partition coefficient (Wildman–Crippen LogP) is 4.90. The first-order chi connectivity index (χ1) is 16.9. The quantitative estimate of drug-likeness (QED) is 0.506. The number of phenols is 1. The van der Waals surface area contributed by atoms with Crippen molar-refractivity contribution >= 4 is 23.6 Å². The van der Waals surface area contributed by atoms with Crippen LogP contribution in [0, 0.1) is 20.8 Å². The number of amides is 3. The van der Waals surface area contributed by atoms with Gasteiger partial charge in [-0.3, -0.25) is 9.59 Å². The van der Waals surface area contributed by atoms with Gasteiger partial charge in [0.25, 0.3) is 5.91 Å². The van der Waals surface area contributed by atoms with Gasteiger partial charge in [-0.1, -0.05) is 24.3 Å². The highest BCUT2D eigenvalue weighted by Gasteiger charge is 2.39. The van der Waals surface area contributed by atoms with Crippen LogP contribution in [0.25, 0.3) is 0 Å². The molecule has 1 fully saturated rings. The molecule has 1 atom stereocenters. The average Bonchev–Trinajstić information content (AvgIpc) is 2.74. The Bertz CT molecular complexity index is 1110. The summed E-state index contributed by atoms with van der Waals surface area (Å²) >= 11 is 0. The number of nitrogens with one attached hydrogen (secondary N) is 2. The molecule has 8 nitrogen and oxygen atoms in total. The molecule has 1 saturated carbocycles. The lowest BCUT2D eigenvalue weighted by Crippen LogP contribution is -2.53. The van der Waals surface area contributed by atoms with Crippen molar-refractivity contribution in [1.82, 2.24) is 10.2 Å². The summed E-state index contributed by atoms with van der Waals surface area (Å²) in [5.41, 5.74) is 3.03. The Kier molecular flexibility index (Phi) is 8.28. The average molecular weight is 496 g/mol. The zero-order valence-corrected chi connectivity index (χ0v) is 22.0. The molecule has 0 saturated heterocycles. The first kappa shape index (κ1) is 27.0. The third-order valence-electron chi connectivity index (χ3n) is 6.33. The minimum absolute atomic E-state index is 0.112. The van der Waals surface area contributed by atoms with Gasteiger partial charge in [-0.2, -0.15) is 0 Å². The Morgan fingerprint density at radius 3 is 2.22 bits per heavy atom. The molecule has 2 aromatic rings. The second-order valence-corrected chi connectivity index (χ2v) is 10.4. The molecule has 0 radical (unpaired) electrons. The maximum absolute atomic E-state index is 13.9. The van der Waals surface area contributed by atoms with Gasteiger partial charge in [0.2, 0.25) is 5.91 Å². The number of carbonyl (C=O) groups is 3. The minimum atomic E-state index is -0.943. The van der Waals surface area contributed by atoms with Gasteiger partial charge >= 0.3 is 6.09 Å². The third kappa shape index (κ3) is 6.56. The lowest BCUT2D eigenvalue weighted by molar-refractivity contribution is -0.143. The van der Waals surface area contributed by atoms with E-state index in [1.165, 1.54) is 6.07 Å². The molecule has 0 spiro atoms. The van der Waals surface area contributed by atoms with E-state index in [0.29, 0.717) is 16.8 Å². The molecule has 0 heterocycles. The summed E-state index contributed by atoms with van der Waals surface area (Å²) in [6.07, 6.45) is 1.79. The molecule has 36 heavy (non-hydrogen) atoms. The van der Waals surface area contributed by atoms with E-state index in [9.17, 15) is 19.5 Å². The van der Waals surface area contributed by atoms with Crippen molar-refractivity contribution in [3.8, 4) is 5.75 Å². The maximum Gasteiger partial charge on any atom is 0.408 e. The van der Waals surface area contributed by atoms with Crippen molar-refractivity contribution < 1.29 is 24.2 Å². The summed E-state index contributed by atoms with van der Waals surface area (Å²) in [4.78, 5) is 41.2. The molecule has 194 valence electrons. The summed E-state index contributed by atoms with van der Waals surface area (Å²) in [5.74, 6) is -0.617. The molecule has 0 aromatic heterocycles. The van der Waals surface area contributed by atoms with Gasteiger partial charge in [-0.25, -0.2) is 4.79 Å². The van der Waals surface area contributed by atoms with Crippen LogP contribution in [0.1, 0.15) is 68.3 Å². The Morgan fingerprint density at radius 1 is 1.06 bits per heavy atom. The van der Waals surface area contributed by atoms with Gasteiger partial charge in [0, 0.05) is 11.7 Å². The summed E-state index contributed by atoms with van der Waals surface area (Å²) in [7, 11) is 0. The number of hydrogen-bond donors (Lipinski definition) is 3. The van der Waals surface area contributed by atoms with Crippen LogP contribution in [0.4, 0.5) is 10.5 Å². The van der Waals surface area contributed by atoms with Crippen LogP contribution >= 0.6 is 0 Å². The first-order valence-electron chi connectivity index (χ1n) is 12.3. The summed E-state index contributed by atoms with van der Waals surface area (Å²) in [6.45, 7) is 10.5. The van der Waals surface area contributed by atoms with Gasteiger partial charge in [0.1, 0.15) is 23.9 Å². The number of para-hydroxylation sites is 1. The molecule has 0 aliphatic heterocycles. The fourth-order valence-corrected chi connectivity index (χ4v) is 4.27. The lowest BCUT2D eigenvalue weighted by atomic mass is 9.88. The van der Waals surface area contributed by atoms with E-state index >= 15 is 0 Å². The summed E-state index contributed by atoms with van der Waals surface area (Å²) in [5, 5.41) is 15.7. The first-order valence-corrected chi connectivity index (χ1v) is 12.3. The fourth-order valence-electron chi connectivity index (χ4n) is 4.27. The molecular formula is C28H37N3O5. The van der Waals surface area contributed by atoms with Crippen LogP contribution in [0.5, 0.6) is 5.75 Å². The van der Waals surface area contributed by atoms with Crippen molar-refractivity contribution in [1.29, 1.82) is 0 Å².